The first-order chi connectivity index (χ1) is 18.5. The van der Waals surface area contributed by atoms with Crippen LogP contribution in [0.25, 0.3) is 10.9 Å². The third-order valence-electron chi connectivity index (χ3n) is 8.95. The van der Waals surface area contributed by atoms with Crippen molar-refractivity contribution in [2.45, 2.75) is 89.3 Å². The van der Waals surface area contributed by atoms with E-state index in [2.05, 4.69) is 15.6 Å². The summed E-state index contributed by atoms with van der Waals surface area (Å²) in [4.78, 5) is 57.4. The van der Waals surface area contributed by atoms with Crippen LogP contribution in [0.3, 0.4) is 0 Å². The van der Waals surface area contributed by atoms with E-state index in [0.29, 0.717) is 35.6 Å². The monoisotopic (exact) mass is 555 g/mol. The summed E-state index contributed by atoms with van der Waals surface area (Å²) in [6.45, 7) is 4.40. The molecule has 2 unspecified atom stereocenters. The SMILES string of the molecule is CC1(C)CCC(C[C@H](NC(=O)C2CC3(CCCCC3)CN2C(=O)c2cc3cccc(Cl)c3[nH]2)C(N)=O)C(=O)N1. The van der Waals surface area contributed by atoms with Crippen molar-refractivity contribution in [1.82, 2.24) is 20.5 Å². The molecule has 3 aliphatic rings. The van der Waals surface area contributed by atoms with Crippen LogP contribution in [0.15, 0.2) is 24.3 Å². The van der Waals surface area contributed by atoms with E-state index in [9.17, 15) is 19.2 Å². The van der Waals surface area contributed by atoms with Gasteiger partial charge in [-0.25, -0.2) is 0 Å². The Morgan fingerprint density at radius 1 is 1.18 bits per heavy atom. The van der Waals surface area contributed by atoms with Crippen LogP contribution in [0.1, 0.15) is 82.1 Å². The first kappa shape index (κ1) is 27.5. The van der Waals surface area contributed by atoms with Gasteiger partial charge in [0, 0.05) is 23.4 Å². The van der Waals surface area contributed by atoms with Crippen LogP contribution in [0.2, 0.25) is 5.02 Å². The Bertz CT molecular complexity index is 1300. The number of nitrogens with two attached hydrogens (primary N) is 1. The maximum absolute atomic E-state index is 13.8. The fourth-order valence-corrected chi connectivity index (χ4v) is 6.97. The van der Waals surface area contributed by atoms with Gasteiger partial charge in [-0.15, -0.1) is 0 Å². The van der Waals surface area contributed by atoms with E-state index in [1.54, 1.807) is 17.0 Å². The molecule has 1 saturated carbocycles. The summed E-state index contributed by atoms with van der Waals surface area (Å²) in [5.41, 5.74) is 6.32. The number of nitrogens with zero attached hydrogens (tertiary/aromatic N) is 1. The van der Waals surface area contributed by atoms with Crippen molar-refractivity contribution in [2.75, 3.05) is 6.54 Å². The van der Waals surface area contributed by atoms with Gasteiger partial charge in [0.2, 0.25) is 17.7 Å². The minimum Gasteiger partial charge on any atom is -0.368 e. The topological polar surface area (TPSA) is 137 Å². The van der Waals surface area contributed by atoms with Gasteiger partial charge in [-0.05, 0) is 69.9 Å². The molecule has 1 spiro atoms. The van der Waals surface area contributed by atoms with Crippen LogP contribution in [-0.2, 0) is 14.4 Å². The molecule has 9 nitrogen and oxygen atoms in total. The molecule has 5 rings (SSSR count). The lowest BCUT2D eigenvalue weighted by Crippen LogP contribution is -2.55. The summed E-state index contributed by atoms with van der Waals surface area (Å²) in [6.07, 6.45) is 7.24. The number of para-hydroxylation sites is 1. The first-order valence-corrected chi connectivity index (χ1v) is 14.3. The number of primary amides is 1. The van der Waals surface area contributed by atoms with Crippen LogP contribution in [0, 0.1) is 11.3 Å². The number of piperidine rings is 1. The zero-order valence-corrected chi connectivity index (χ0v) is 23.4. The zero-order chi connectivity index (χ0) is 27.9. The molecule has 1 aromatic heterocycles. The lowest BCUT2D eigenvalue weighted by atomic mass is 9.72. The summed E-state index contributed by atoms with van der Waals surface area (Å²) in [5, 5.41) is 7.14. The smallest absolute Gasteiger partial charge is 0.271 e. The van der Waals surface area contributed by atoms with Gasteiger partial charge in [-0.3, -0.25) is 19.2 Å². The molecule has 2 aliphatic heterocycles. The number of amides is 4. The van der Waals surface area contributed by atoms with Crippen molar-refractivity contribution in [2.24, 2.45) is 17.1 Å². The van der Waals surface area contributed by atoms with Crippen LogP contribution < -0.4 is 16.4 Å². The first-order valence-electron chi connectivity index (χ1n) is 14.0. The summed E-state index contributed by atoms with van der Waals surface area (Å²) < 4.78 is 0. The third kappa shape index (κ3) is 5.64. The fraction of sp³-hybridized carbons (Fsp3) is 0.586. The summed E-state index contributed by atoms with van der Waals surface area (Å²) in [6, 6.07) is 5.49. The van der Waals surface area contributed by atoms with Gasteiger partial charge in [0.25, 0.3) is 5.91 Å². The highest BCUT2D eigenvalue weighted by atomic mass is 35.5. The molecule has 5 N–H and O–H groups in total. The number of benzene rings is 1. The lowest BCUT2D eigenvalue weighted by molar-refractivity contribution is -0.133. The predicted molar refractivity (Wildman–Crippen MR) is 149 cm³/mol. The highest BCUT2D eigenvalue weighted by Gasteiger charge is 2.49. The molecule has 1 aromatic carbocycles. The second kappa shape index (κ2) is 10.5. The molecule has 0 bridgehead atoms. The molecule has 210 valence electrons. The van der Waals surface area contributed by atoms with E-state index in [0.717, 1.165) is 43.9 Å². The van der Waals surface area contributed by atoms with Crippen molar-refractivity contribution in [3.63, 3.8) is 0 Å². The zero-order valence-electron chi connectivity index (χ0n) is 22.6. The number of hydrogen-bond donors (Lipinski definition) is 4. The van der Waals surface area contributed by atoms with Crippen molar-refractivity contribution >= 4 is 46.1 Å². The molecular formula is C29H38ClN5O4. The molecule has 2 saturated heterocycles. The van der Waals surface area contributed by atoms with Crippen LogP contribution in [0.5, 0.6) is 0 Å². The van der Waals surface area contributed by atoms with E-state index in [4.69, 9.17) is 17.3 Å². The van der Waals surface area contributed by atoms with Gasteiger partial charge in [-0.1, -0.05) is 43.0 Å². The number of H-pyrrole nitrogens is 1. The highest BCUT2D eigenvalue weighted by Crippen LogP contribution is 2.47. The number of carbonyl (C=O) groups excluding carboxylic acids is 4. The maximum Gasteiger partial charge on any atom is 0.271 e. The van der Waals surface area contributed by atoms with E-state index in [1.807, 2.05) is 26.0 Å². The van der Waals surface area contributed by atoms with Crippen molar-refractivity contribution in [1.29, 1.82) is 0 Å². The number of fused-ring (bicyclic) bond motifs is 1. The average Bonchev–Trinajstić information content (AvgIpc) is 3.48. The normalized spacial score (nSPS) is 24.9. The van der Waals surface area contributed by atoms with Crippen LogP contribution in [0.4, 0.5) is 0 Å². The summed E-state index contributed by atoms with van der Waals surface area (Å²) in [5.74, 6) is -1.91. The number of carbonyl (C=O) groups is 4. The number of halogens is 1. The predicted octanol–water partition coefficient (Wildman–Crippen LogP) is 3.65. The van der Waals surface area contributed by atoms with Crippen molar-refractivity contribution in [3.05, 3.63) is 35.0 Å². The van der Waals surface area contributed by atoms with Gasteiger partial charge in [0.15, 0.2) is 0 Å². The van der Waals surface area contributed by atoms with E-state index in [-0.39, 0.29) is 29.2 Å². The quantitative estimate of drug-likeness (QED) is 0.432. The Balaban J connectivity index is 1.37. The Kier molecular flexibility index (Phi) is 7.39. The number of aromatic amines is 1. The molecule has 3 fully saturated rings. The van der Waals surface area contributed by atoms with E-state index >= 15 is 0 Å². The molecule has 2 aromatic rings. The largest absolute Gasteiger partial charge is 0.368 e. The number of aromatic nitrogens is 1. The average molecular weight is 556 g/mol. The molecular weight excluding hydrogens is 518 g/mol. The third-order valence-corrected chi connectivity index (χ3v) is 9.27. The van der Waals surface area contributed by atoms with E-state index in [1.165, 1.54) is 0 Å². The molecule has 10 heteroatoms. The van der Waals surface area contributed by atoms with Gasteiger partial charge in [0.1, 0.15) is 17.8 Å². The van der Waals surface area contributed by atoms with Gasteiger partial charge >= 0.3 is 0 Å². The molecule has 3 heterocycles. The minimum atomic E-state index is -0.999. The van der Waals surface area contributed by atoms with Gasteiger partial charge in [0.05, 0.1) is 10.5 Å². The van der Waals surface area contributed by atoms with E-state index < -0.39 is 29.8 Å². The lowest BCUT2D eigenvalue weighted by Gasteiger charge is -2.36. The summed E-state index contributed by atoms with van der Waals surface area (Å²) >= 11 is 6.33. The minimum absolute atomic E-state index is 0.128. The highest BCUT2D eigenvalue weighted by molar-refractivity contribution is 6.35. The number of likely N-dealkylation sites (tertiary alicyclic amines) is 1. The molecule has 39 heavy (non-hydrogen) atoms. The number of nitrogens with one attached hydrogen (secondary N) is 3. The van der Waals surface area contributed by atoms with Crippen LogP contribution >= 0.6 is 11.6 Å². The molecule has 3 atom stereocenters. The fourth-order valence-electron chi connectivity index (χ4n) is 6.74. The molecule has 1 aliphatic carbocycles. The van der Waals surface area contributed by atoms with Gasteiger partial charge in [-0.2, -0.15) is 0 Å². The van der Waals surface area contributed by atoms with Crippen molar-refractivity contribution in [3.8, 4) is 0 Å². The second-order valence-electron chi connectivity index (χ2n) is 12.4. The van der Waals surface area contributed by atoms with Gasteiger partial charge < -0.3 is 26.3 Å². The Labute approximate surface area is 233 Å². The number of rotatable bonds is 6. The maximum atomic E-state index is 13.8. The number of hydrogen-bond acceptors (Lipinski definition) is 4. The Hall–Kier alpha value is -3.07. The van der Waals surface area contributed by atoms with Crippen LogP contribution in [-0.4, -0.2) is 57.7 Å². The molecule has 4 amide bonds. The Morgan fingerprint density at radius 2 is 1.92 bits per heavy atom. The summed E-state index contributed by atoms with van der Waals surface area (Å²) in [7, 11) is 0. The second-order valence-corrected chi connectivity index (χ2v) is 12.8. The standard InChI is InChI=1S/C29H38ClN5O4/c1-28(2)12-9-18(25(37)34-28)14-20(24(31)36)33-26(38)22-15-29(10-4-3-5-11-29)16-35(22)27(39)21-13-17-7-6-8-19(30)23(17)32-21/h6-8,13,18,20,22,32H,3-5,9-12,14-16H2,1-2H3,(H2,31,36)(H,33,38)(H,34,37)/t18?,20-,22?/m0/s1. The van der Waals surface area contributed by atoms with Crippen molar-refractivity contribution < 1.29 is 19.2 Å². The molecule has 0 radical (unpaired) electrons. The Morgan fingerprint density at radius 3 is 2.59 bits per heavy atom.